The molecule has 2 aliphatic rings. The number of ether oxygens (including phenoxy) is 1. The first-order chi connectivity index (χ1) is 18.2. The van der Waals surface area contributed by atoms with Crippen LogP contribution >= 0.6 is 0 Å². The highest BCUT2D eigenvalue weighted by atomic mass is 32.2. The Labute approximate surface area is 221 Å². The third-order valence-electron chi connectivity index (χ3n) is 6.94. The first-order valence-electron chi connectivity index (χ1n) is 12.5. The highest BCUT2D eigenvalue weighted by Gasteiger charge is 2.35. The van der Waals surface area contributed by atoms with E-state index < -0.39 is 21.7 Å². The molecule has 0 radical (unpaired) electrons. The third kappa shape index (κ3) is 5.87. The first kappa shape index (κ1) is 25.9. The lowest BCUT2D eigenvalue weighted by Crippen LogP contribution is -2.51. The van der Waals surface area contributed by atoms with E-state index in [1.807, 2.05) is 47.2 Å². The van der Waals surface area contributed by atoms with Gasteiger partial charge in [0.25, 0.3) is 5.91 Å². The molecule has 0 unspecified atom stereocenters. The van der Waals surface area contributed by atoms with Crippen LogP contribution in [-0.2, 0) is 10.0 Å². The van der Waals surface area contributed by atoms with E-state index in [0.717, 1.165) is 48.9 Å². The van der Waals surface area contributed by atoms with E-state index in [2.05, 4.69) is 23.1 Å². The summed E-state index contributed by atoms with van der Waals surface area (Å²) in [6.07, 6.45) is 2.68. The monoisotopic (exact) mass is 533 g/mol. The number of hydrogen-bond acceptors (Lipinski definition) is 6. The molecule has 0 spiro atoms. The van der Waals surface area contributed by atoms with Crippen molar-refractivity contribution in [3.8, 4) is 11.8 Å². The van der Waals surface area contributed by atoms with E-state index in [0.29, 0.717) is 17.9 Å². The fourth-order valence-electron chi connectivity index (χ4n) is 4.93. The fraction of sp³-hybridized carbons (Fsp3) is 0.310. The summed E-state index contributed by atoms with van der Waals surface area (Å²) in [5.74, 6) is -0.977. The minimum absolute atomic E-state index is 0.0484. The summed E-state index contributed by atoms with van der Waals surface area (Å²) in [4.78, 5) is 14.6. The Hall–Kier alpha value is -3.74. The van der Waals surface area contributed by atoms with Gasteiger partial charge in [0.2, 0.25) is 10.0 Å². The molecule has 1 aliphatic carbocycles. The zero-order chi connectivity index (χ0) is 26.9. The molecule has 2 fully saturated rings. The van der Waals surface area contributed by atoms with Gasteiger partial charge < -0.3 is 4.74 Å². The number of likely N-dealkylation sites (tertiary alicyclic amines) is 1. The molecule has 3 aromatic carbocycles. The molecular formula is C29H28FN3O4S. The summed E-state index contributed by atoms with van der Waals surface area (Å²) in [6.45, 7) is 1.98. The summed E-state index contributed by atoms with van der Waals surface area (Å²) < 4.78 is 45.6. The molecule has 1 saturated heterocycles. The number of carbonyl (C=O) groups is 1. The number of amides is 1. The Morgan fingerprint density at radius 3 is 2.37 bits per heavy atom. The van der Waals surface area contributed by atoms with Gasteiger partial charge in [-0.25, -0.2) is 17.5 Å². The van der Waals surface area contributed by atoms with Crippen LogP contribution in [0.25, 0.3) is 0 Å². The summed E-state index contributed by atoms with van der Waals surface area (Å²) >= 11 is 0. The second kappa shape index (κ2) is 10.6. The Morgan fingerprint density at radius 1 is 1.11 bits per heavy atom. The zero-order valence-electron chi connectivity index (χ0n) is 20.9. The van der Waals surface area contributed by atoms with Crippen LogP contribution in [0.5, 0.6) is 5.75 Å². The van der Waals surface area contributed by atoms with E-state index in [4.69, 9.17) is 10.00 Å². The average molecular weight is 534 g/mol. The normalized spacial score (nSPS) is 16.8. The first-order valence-corrected chi connectivity index (χ1v) is 14.4. The maximum Gasteiger partial charge on any atom is 0.267 e. The van der Waals surface area contributed by atoms with Crippen molar-refractivity contribution in [2.45, 2.75) is 24.8 Å². The van der Waals surface area contributed by atoms with Gasteiger partial charge in [0, 0.05) is 25.1 Å². The zero-order valence-corrected chi connectivity index (χ0v) is 21.7. The molecule has 9 heteroatoms. The van der Waals surface area contributed by atoms with E-state index in [-0.39, 0.29) is 23.4 Å². The van der Waals surface area contributed by atoms with Gasteiger partial charge in [0.15, 0.2) is 0 Å². The van der Waals surface area contributed by atoms with Gasteiger partial charge in [0.05, 0.1) is 36.1 Å². The summed E-state index contributed by atoms with van der Waals surface area (Å²) in [5.41, 5.74) is 3.33. The number of nitrogens with one attached hydrogen (secondary N) is 1. The summed E-state index contributed by atoms with van der Waals surface area (Å²) in [5, 5.41) is 9.16. The van der Waals surface area contributed by atoms with Crippen molar-refractivity contribution in [1.82, 2.24) is 9.62 Å². The van der Waals surface area contributed by atoms with Crippen molar-refractivity contribution in [3.63, 3.8) is 0 Å². The molecule has 1 heterocycles. The highest BCUT2D eigenvalue weighted by Crippen LogP contribution is 2.45. The van der Waals surface area contributed by atoms with Crippen LogP contribution in [0.3, 0.4) is 0 Å². The molecule has 1 aliphatic heterocycles. The van der Waals surface area contributed by atoms with Gasteiger partial charge in [-0.15, -0.1) is 0 Å². The predicted molar refractivity (Wildman–Crippen MR) is 141 cm³/mol. The van der Waals surface area contributed by atoms with Crippen LogP contribution in [0, 0.1) is 23.1 Å². The molecule has 196 valence electrons. The van der Waals surface area contributed by atoms with E-state index in [9.17, 15) is 17.6 Å². The van der Waals surface area contributed by atoms with Crippen molar-refractivity contribution in [3.05, 3.63) is 100 Å². The summed E-state index contributed by atoms with van der Waals surface area (Å²) in [6, 6.07) is 22.7. The maximum atomic E-state index is 14.8. The molecular weight excluding hydrogens is 505 g/mol. The van der Waals surface area contributed by atoms with Gasteiger partial charge in [-0.1, -0.05) is 42.5 Å². The van der Waals surface area contributed by atoms with E-state index >= 15 is 0 Å². The van der Waals surface area contributed by atoms with Crippen LogP contribution in [0.4, 0.5) is 4.39 Å². The minimum Gasteiger partial charge on any atom is -0.493 e. The average Bonchev–Trinajstić information content (AvgIpc) is 3.70. The van der Waals surface area contributed by atoms with Gasteiger partial charge in [-0.05, 0) is 53.6 Å². The van der Waals surface area contributed by atoms with Crippen molar-refractivity contribution < 1.29 is 22.3 Å². The molecule has 38 heavy (non-hydrogen) atoms. The maximum absolute atomic E-state index is 14.8. The molecule has 3 aromatic rings. The van der Waals surface area contributed by atoms with Crippen molar-refractivity contribution >= 4 is 15.9 Å². The van der Waals surface area contributed by atoms with Gasteiger partial charge in [-0.3, -0.25) is 9.69 Å². The lowest BCUT2D eigenvalue weighted by Gasteiger charge is -2.44. The molecule has 0 aromatic heterocycles. The molecule has 0 bridgehead atoms. The van der Waals surface area contributed by atoms with Crippen LogP contribution in [0.15, 0.2) is 66.7 Å². The van der Waals surface area contributed by atoms with Crippen molar-refractivity contribution in [2.24, 2.45) is 5.92 Å². The Kier molecular flexibility index (Phi) is 7.19. The Bertz CT molecular complexity index is 1480. The van der Waals surface area contributed by atoms with Crippen LogP contribution < -0.4 is 9.46 Å². The van der Waals surface area contributed by atoms with Gasteiger partial charge >= 0.3 is 0 Å². The fourth-order valence-corrected chi connectivity index (χ4v) is 5.38. The molecule has 5 rings (SSSR count). The van der Waals surface area contributed by atoms with Crippen LogP contribution in [-0.4, -0.2) is 45.2 Å². The van der Waals surface area contributed by atoms with Crippen LogP contribution in [0.2, 0.25) is 0 Å². The second-order valence-electron chi connectivity index (χ2n) is 10.0. The number of nitrogens with zero attached hydrogens (tertiary/aromatic N) is 2. The standard InChI is InChI=1S/C29H28FN3O4S/c1-38(35,36)32-29(34)25-13-24(21-11-12-21)27(14-26(25)30)37-18-20-16-33(17-20)28(22-5-3-2-4-6-22)23-9-7-19(15-31)8-10-23/h2-10,13-14,20-21,28H,11-12,16-18H2,1H3,(H,32,34)/t28-/m0/s1. The van der Waals surface area contributed by atoms with Crippen molar-refractivity contribution in [2.75, 3.05) is 26.0 Å². The topological polar surface area (TPSA) is 99.5 Å². The lowest BCUT2D eigenvalue weighted by atomic mass is 9.90. The summed E-state index contributed by atoms with van der Waals surface area (Å²) in [7, 11) is -3.81. The van der Waals surface area contributed by atoms with Gasteiger partial charge in [0.1, 0.15) is 11.6 Å². The smallest absolute Gasteiger partial charge is 0.267 e. The SMILES string of the molecule is CS(=O)(=O)NC(=O)c1cc(C2CC2)c(OCC2CN([C@@H](c3ccccc3)c3ccc(C#N)cc3)C2)cc1F. The molecule has 1 saturated carbocycles. The number of rotatable bonds is 9. The van der Waals surface area contributed by atoms with E-state index in [1.54, 1.807) is 0 Å². The predicted octanol–water partition coefficient (Wildman–Crippen LogP) is 4.36. The number of nitriles is 1. The number of carbonyl (C=O) groups excluding carboxylic acids is 1. The van der Waals surface area contributed by atoms with Crippen LogP contribution in [0.1, 0.15) is 57.4 Å². The number of halogens is 1. The minimum atomic E-state index is -3.81. The second-order valence-corrected chi connectivity index (χ2v) is 11.8. The number of sulfonamides is 1. The van der Waals surface area contributed by atoms with Crippen molar-refractivity contribution in [1.29, 1.82) is 5.26 Å². The number of hydrogen-bond donors (Lipinski definition) is 1. The highest BCUT2D eigenvalue weighted by molar-refractivity contribution is 7.89. The third-order valence-corrected chi connectivity index (χ3v) is 7.49. The van der Waals surface area contributed by atoms with Gasteiger partial charge in [-0.2, -0.15) is 5.26 Å². The molecule has 1 N–H and O–H groups in total. The largest absolute Gasteiger partial charge is 0.493 e. The quantitative estimate of drug-likeness (QED) is 0.439. The van der Waals surface area contributed by atoms with E-state index in [1.165, 1.54) is 12.1 Å². The Balaban J connectivity index is 1.28. The number of benzene rings is 3. The lowest BCUT2D eigenvalue weighted by molar-refractivity contribution is 0.0375. The molecule has 1 amide bonds. The Morgan fingerprint density at radius 2 is 1.76 bits per heavy atom. The molecule has 7 nitrogen and oxygen atoms in total. The molecule has 1 atom stereocenters.